The van der Waals surface area contributed by atoms with Crippen molar-refractivity contribution < 1.29 is 18.7 Å². The Morgan fingerprint density at radius 2 is 2.10 bits per heavy atom. The van der Waals surface area contributed by atoms with Crippen molar-refractivity contribution in [2.75, 3.05) is 40.0 Å². The van der Waals surface area contributed by atoms with Crippen LogP contribution < -0.4 is 15.6 Å². The predicted molar refractivity (Wildman–Crippen MR) is 152 cm³/mol. The number of aromatic nitrogens is 2. The van der Waals surface area contributed by atoms with Crippen LogP contribution in [0.15, 0.2) is 30.9 Å². The molecule has 4 aliphatic rings. The summed E-state index contributed by atoms with van der Waals surface area (Å²) in [6.45, 7) is 11.0. The summed E-state index contributed by atoms with van der Waals surface area (Å²) in [5, 5.41) is 5.04. The fourth-order valence-corrected chi connectivity index (χ4v) is 8.00. The van der Waals surface area contributed by atoms with Crippen molar-refractivity contribution in [1.29, 1.82) is 0 Å². The number of hydrogen-bond acceptors (Lipinski definition) is 6. The summed E-state index contributed by atoms with van der Waals surface area (Å²) < 4.78 is 28.6. The van der Waals surface area contributed by atoms with Gasteiger partial charge in [0.2, 0.25) is 5.91 Å². The minimum Gasteiger partial charge on any atom is -0.491 e. The maximum Gasteiger partial charge on any atom is 0.245 e. The van der Waals surface area contributed by atoms with Gasteiger partial charge in [-0.2, -0.15) is 5.10 Å². The molecule has 2 aromatic rings. The topological polar surface area (TPSA) is 80.7 Å². The zero-order valence-corrected chi connectivity index (χ0v) is 24.2. The van der Waals surface area contributed by atoms with Gasteiger partial charge in [-0.25, -0.2) is 4.39 Å². The Hall–Kier alpha value is -2.46. The highest BCUT2D eigenvalue weighted by atomic mass is 35.5. The summed E-state index contributed by atoms with van der Waals surface area (Å²) in [7, 11) is 1.61. The molecule has 10 heteroatoms. The number of nitrogens with one attached hydrogen (secondary N) is 2. The van der Waals surface area contributed by atoms with Gasteiger partial charge in [-0.3, -0.25) is 20.3 Å². The number of likely N-dealkylation sites (tertiary alicyclic amines) is 1. The van der Waals surface area contributed by atoms with Gasteiger partial charge in [0.25, 0.3) is 0 Å². The van der Waals surface area contributed by atoms with Crippen LogP contribution in [0, 0.1) is 30.0 Å². The second kappa shape index (κ2) is 10.7. The predicted octanol–water partition coefficient (Wildman–Crippen LogP) is 4.20. The number of methoxy groups -OCH3 is 1. The first-order valence-corrected chi connectivity index (χ1v) is 14.7. The lowest BCUT2D eigenvalue weighted by molar-refractivity contribution is -0.149. The third-order valence-corrected chi connectivity index (χ3v) is 10.3. The minimum absolute atomic E-state index is 0.00746. The van der Waals surface area contributed by atoms with E-state index in [0.29, 0.717) is 42.2 Å². The highest BCUT2D eigenvalue weighted by Crippen LogP contribution is 2.56. The number of carbonyl (C=O) groups excluding carboxylic acids is 1. The number of hydrazine groups is 1. The standard InChI is InChI=1S/C30H39ClFN5O3/c1-5-25(38)36-15-30(16-36)12-19(13-30)37-18(3)26(27-22-14-33-34-24(22)10-17(2)28(27)31)29(35-37)21-7-6-20(11-23(21)32)40-9-8-39-4/h5-7,11,17,19,22,24,27-28,33-34H,1,8-10,12-16H2,2-4H3. The summed E-state index contributed by atoms with van der Waals surface area (Å²) in [6.07, 6.45) is 4.28. The Morgan fingerprint density at radius 3 is 2.80 bits per heavy atom. The molecule has 4 fully saturated rings. The van der Waals surface area contributed by atoms with E-state index in [0.717, 1.165) is 50.2 Å². The molecule has 6 rings (SSSR count). The molecule has 5 atom stereocenters. The summed E-state index contributed by atoms with van der Waals surface area (Å²) >= 11 is 7.21. The molecule has 1 spiro atoms. The van der Waals surface area contributed by atoms with Gasteiger partial charge in [-0.05, 0) is 56.2 Å². The number of nitrogens with zero attached hydrogens (tertiary/aromatic N) is 3. The largest absolute Gasteiger partial charge is 0.491 e. The molecule has 2 N–H and O–H groups in total. The second-order valence-electron chi connectivity index (χ2n) is 12.2. The lowest BCUT2D eigenvalue weighted by Crippen LogP contribution is -2.63. The van der Waals surface area contributed by atoms with Gasteiger partial charge in [-0.1, -0.05) is 13.5 Å². The Kier molecular flexibility index (Phi) is 7.44. The van der Waals surface area contributed by atoms with Crippen molar-refractivity contribution in [3.05, 3.63) is 47.9 Å². The number of rotatable bonds is 8. The third-order valence-electron chi connectivity index (χ3n) is 9.62. The molecule has 5 unspecified atom stereocenters. The van der Waals surface area contributed by atoms with E-state index in [2.05, 4.69) is 36.0 Å². The fraction of sp³-hybridized carbons (Fsp3) is 0.600. The van der Waals surface area contributed by atoms with Crippen molar-refractivity contribution in [3.63, 3.8) is 0 Å². The van der Waals surface area contributed by atoms with Crippen LogP contribution in [-0.2, 0) is 9.53 Å². The van der Waals surface area contributed by atoms with E-state index in [4.69, 9.17) is 26.2 Å². The Labute approximate surface area is 240 Å². The van der Waals surface area contributed by atoms with Crippen molar-refractivity contribution >= 4 is 17.5 Å². The highest BCUT2D eigenvalue weighted by molar-refractivity contribution is 6.21. The number of carbonyl (C=O) groups is 1. The average Bonchev–Trinajstić information content (AvgIpc) is 3.48. The molecule has 0 bridgehead atoms. The molecule has 216 valence electrons. The van der Waals surface area contributed by atoms with Crippen LogP contribution in [0.5, 0.6) is 5.75 Å². The zero-order valence-electron chi connectivity index (χ0n) is 23.5. The minimum atomic E-state index is -0.363. The SMILES string of the molecule is C=CC(=O)N1CC2(CC(n3nc(-c4ccc(OCCOC)cc4F)c(C4C(Cl)C(C)CC5NNCC54)c3C)C2)C1. The fourth-order valence-electron chi connectivity index (χ4n) is 7.59. The van der Waals surface area contributed by atoms with Crippen LogP contribution >= 0.6 is 11.6 Å². The monoisotopic (exact) mass is 571 g/mol. The molecule has 40 heavy (non-hydrogen) atoms. The van der Waals surface area contributed by atoms with Crippen LogP contribution in [-0.4, -0.2) is 72.0 Å². The van der Waals surface area contributed by atoms with Crippen molar-refractivity contribution in [1.82, 2.24) is 25.5 Å². The number of benzene rings is 1. The average molecular weight is 572 g/mol. The first-order chi connectivity index (χ1) is 19.2. The molecular weight excluding hydrogens is 533 g/mol. The van der Waals surface area contributed by atoms with E-state index in [-0.39, 0.29) is 40.4 Å². The van der Waals surface area contributed by atoms with E-state index in [9.17, 15) is 4.79 Å². The second-order valence-corrected chi connectivity index (χ2v) is 12.7. The van der Waals surface area contributed by atoms with Gasteiger partial charge in [0, 0.05) is 72.4 Å². The molecule has 1 aromatic heterocycles. The molecule has 2 aliphatic carbocycles. The smallest absolute Gasteiger partial charge is 0.245 e. The van der Waals surface area contributed by atoms with Crippen molar-refractivity contribution in [2.45, 2.75) is 56.5 Å². The first-order valence-electron chi connectivity index (χ1n) is 14.3. The molecule has 3 heterocycles. The van der Waals surface area contributed by atoms with E-state index < -0.39 is 0 Å². The lowest BCUT2D eigenvalue weighted by Gasteiger charge is -2.58. The van der Waals surface area contributed by atoms with Crippen LogP contribution in [0.4, 0.5) is 4.39 Å². The summed E-state index contributed by atoms with van der Waals surface area (Å²) in [5.41, 5.74) is 10.2. The van der Waals surface area contributed by atoms with Crippen molar-refractivity contribution in [3.8, 4) is 17.0 Å². The highest BCUT2D eigenvalue weighted by Gasteiger charge is 2.55. The summed E-state index contributed by atoms with van der Waals surface area (Å²) in [5.74, 6) is 0.701. The number of ether oxygens (including phenoxy) is 2. The number of amides is 1. The molecule has 1 amide bonds. The van der Waals surface area contributed by atoms with E-state index in [1.165, 1.54) is 12.1 Å². The Balaban J connectivity index is 1.35. The molecule has 2 aliphatic heterocycles. The van der Waals surface area contributed by atoms with E-state index in [1.54, 1.807) is 19.2 Å². The quantitative estimate of drug-likeness (QED) is 0.281. The Bertz CT molecular complexity index is 1290. The maximum absolute atomic E-state index is 15.7. The third kappa shape index (κ3) is 4.65. The van der Waals surface area contributed by atoms with Gasteiger partial charge in [0.15, 0.2) is 0 Å². The molecule has 1 aromatic carbocycles. The lowest BCUT2D eigenvalue weighted by atomic mass is 9.60. The number of hydrogen-bond donors (Lipinski definition) is 2. The molecule has 2 saturated heterocycles. The van der Waals surface area contributed by atoms with Gasteiger partial charge >= 0.3 is 0 Å². The number of alkyl halides is 1. The first kappa shape index (κ1) is 27.7. The molecule has 2 saturated carbocycles. The van der Waals surface area contributed by atoms with Crippen LogP contribution in [0.3, 0.4) is 0 Å². The normalized spacial score (nSPS) is 29.1. The van der Waals surface area contributed by atoms with E-state index >= 15 is 4.39 Å². The van der Waals surface area contributed by atoms with E-state index in [1.807, 2.05) is 4.90 Å². The van der Waals surface area contributed by atoms with Gasteiger partial charge in [0.1, 0.15) is 18.2 Å². The van der Waals surface area contributed by atoms with Gasteiger partial charge in [-0.15, -0.1) is 11.6 Å². The number of halogens is 2. The van der Waals surface area contributed by atoms with Gasteiger partial charge in [0.05, 0.1) is 18.3 Å². The van der Waals surface area contributed by atoms with Crippen LogP contribution in [0.25, 0.3) is 11.3 Å². The molecule has 0 radical (unpaired) electrons. The molecular formula is C30H39ClFN5O3. The summed E-state index contributed by atoms with van der Waals surface area (Å²) in [4.78, 5) is 13.9. The Morgan fingerprint density at radius 1 is 1.32 bits per heavy atom. The number of fused-ring (bicyclic) bond motifs is 1. The van der Waals surface area contributed by atoms with Crippen LogP contribution in [0.2, 0.25) is 0 Å². The summed E-state index contributed by atoms with van der Waals surface area (Å²) in [6, 6.07) is 5.52. The zero-order chi connectivity index (χ0) is 28.2. The van der Waals surface area contributed by atoms with Crippen molar-refractivity contribution in [2.24, 2.45) is 17.3 Å². The van der Waals surface area contributed by atoms with Crippen LogP contribution in [0.1, 0.15) is 49.4 Å². The van der Waals surface area contributed by atoms with Gasteiger partial charge < -0.3 is 14.4 Å². The maximum atomic E-state index is 15.7. The molecule has 8 nitrogen and oxygen atoms in total.